The second-order valence-electron chi connectivity index (χ2n) is 3.99. The van der Waals surface area contributed by atoms with Crippen molar-refractivity contribution >= 4 is 34.2 Å². The largest absolute Gasteiger partial charge is 0.384 e. The Morgan fingerprint density at radius 2 is 1.65 bits per heavy atom. The Labute approximate surface area is 120 Å². The van der Waals surface area contributed by atoms with Gasteiger partial charge in [-0.1, -0.05) is 47.5 Å². The van der Waals surface area contributed by atoms with Crippen molar-refractivity contribution < 1.29 is 5.11 Å². The highest BCUT2D eigenvalue weighted by atomic mass is 127. The van der Waals surface area contributed by atoms with Crippen LogP contribution in [0.25, 0.3) is 0 Å². The molecule has 17 heavy (non-hydrogen) atoms. The van der Waals surface area contributed by atoms with Crippen molar-refractivity contribution in [1.29, 1.82) is 0 Å². The molecule has 0 aliphatic heterocycles. The van der Waals surface area contributed by atoms with E-state index in [1.165, 1.54) is 5.56 Å². The molecule has 0 aromatic heterocycles. The van der Waals surface area contributed by atoms with Crippen LogP contribution in [0.5, 0.6) is 0 Å². The maximum absolute atomic E-state index is 10.2. The summed E-state index contributed by atoms with van der Waals surface area (Å²) in [6.07, 6.45) is -0.620. The number of hydrogen-bond acceptors (Lipinski definition) is 1. The van der Waals surface area contributed by atoms with Crippen molar-refractivity contribution in [3.8, 4) is 0 Å². The Bertz CT molecular complexity index is 522. The number of aliphatic hydroxyl groups excluding tert-OH is 1. The fraction of sp³-hybridized carbons (Fsp3) is 0.143. The van der Waals surface area contributed by atoms with E-state index in [2.05, 4.69) is 22.6 Å². The number of aryl methyl sites for hydroxylation is 1. The summed E-state index contributed by atoms with van der Waals surface area (Å²) >= 11 is 8.22. The van der Waals surface area contributed by atoms with Crippen molar-refractivity contribution in [2.45, 2.75) is 13.0 Å². The van der Waals surface area contributed by atoms with Crippen molar-refractivity contribution in [2.24, 2.45) is 0 Å². The lowest BCUT2D eigenvalue weighted by Crippen LogP contribution is -1.99. The normalized spacial score (nSPS) is 12.5. The van der Waals surface area contributed by atoms with Gasteiger partial charge >= 0.3 is 0 Å². The summed E-state index contributed by atoms with van der Waals surface area (Å²) in [5, 5.41) is 10.9. The van der Waals surface area contributed by atoms with E-state index in [-0.39, 0.29) is 0 Å². The summed E-state index contributed by atoms with van der Waals surface area (Å²) in [4.78, 5) is 0. The average molecular weight is 359 g/mol. The number of rotatable bonds is 2. The third-order valence-electron chi connectivity index (χ3n) is 2.65. The highest BCUT2D eigenvalue weighted by Gasteiger charge is 2.11. The van der Waals surface area contributed by atoms with Gasteiger partial charge in [0, 0.05) is 3.57 Å². The van der Waals surface area contributed by atoms with Crippen LogP contribution in [0.1, 0.15) is 22.8 Å². The van der Waals surface area contributed by atoms with Gasteiger partial charge in [0.2, 0.25) is 0 Å². The van der Waals surface area contributed by atoms with E-state index in [1.54, 1.807) is 0 Å². The van der Waals surface area contributed by atoms with Crippen LogP contribution in [0.15, 0.2) is 42.5 Å². The maximum Gasteiger partial charge on any atom is 0.104 e. The summed E-state index contributed by atoms with van der Waals surface area (Å²) < 4.78 is 0.990. The maximum atomic E-state index is 10.2. The minimum atomic E-state index is -0.620. The van der Waals surface area contributed by atoms with Crippen LogP contribution in [0.2, 0.25) is 5.02 Å². The molecule has 1 atom stereocenters. The summed E-state index contributed by atoms with van der Waals surface area (Å²) in [5.74, 6) is 0. The molecule has 0 radical (unpaired) electrons. The van der Waals surface area contributed by atoms with E-state index in [4.69, 9.17) is 11.6 Å². The first-order chi connectivity index (χ1) is 8.08. The molecular formula is C14H12ClIO. The molecule has 1 N–H and O–H groups in total. The van der Waals surface area contributed by atoms with Gasteiger partial charge in [0.05, 0.1) is 5.02 Å². The number of aliphatic hydroxyl groups is 1. The van der Waals surface area contributed by atoms with E-state index in [0.29, 0.717) is 5.02 Å². The molecule has 2 aromatic rings. The molecule has 0 aliphatic rings. The van der Waals surface area contributed by atoms with Crippen LogP contribution < -0.4 is 0 Å². The van der Waals surface area contributed by atoms with Crippen molar-refractivity contribution in [3.05, 3.63) is 67.7 Å². The Kier molecular flexibility index (Phi) is 4.07. The van der Waals surface area contributed by atoms with E-state index in [0.717, 1.165) is 14.7 Å². The Balaban J connectivity index is 2.33. The van der Waals surface area contributed by atoms with Crippen LogP contribution in [0.4, 0.5) is 0 Å². The molecule has 0 fully saturated rings. The van der Waals surface area contributed by atoms with Gasteiger partial charge in [-0.15, -0.1) is 0 Å². The second-order valence-corrected chi connectivity index (χ2v) is 5.56. The topological polar surface area (TPSA) is 20.2 Å². The molecule has 1 unspecified atom stereocenters. The van der Waals surface area contributed by atoms with Gasteiger partial charge in [-0.05, 0) is 52.8 Å². The van der Waals surface area contributed by atoms with E-state index in [1.807, 2.05) is 49.4 Å². The first kappa shape index (κ1) is 12.9. The molecule has 0 bridgehead atoms. The van der Waals surface area contributed by atoms with Gasteiger partial charge in [-0.25, -0.2) is 0 Å². The molecule has 0 aliphatic carbocycles. The molecule has 1 nitrogen and oxygen atoms in total. The highest BCUT2D eigenvalue weighted by molar-refractivity contribution is 14.1. The third-order valence-corrected chi connectivity index (χ3v) is 4.22. The van der Waals surface area contributed by atoms with Crippen LogP contribution in [0.3, 0.4) is 0 Å². The van der Waals surface area contributed by atoms with Crippen LogP contribution in [0, 0.1) is 10.5 Å². The molecule has 0 heterocycles. The zero-order valence-corrected chi connectivity index (χ0v) is 12.2. The lowest BCUT2D eigenvalue weighted by molar-refractivity contribution is 0.220. The lowest BCUT2D eigenvalue weighted by Gasteiger charge is -2.12. The molecule has 88 valence electrons. The van der Waals surface area contributed by atoms with Crippen molar-refractivity contribution in [3.63, 3.8) is 0 Å². The number of halogens is 2. The first-order valence-corrected chi connectivity index (χ1v) is 6.73. The van der Waals surface area contributed by atoms with E-state index in [9.17, 15) is 5.11 Å². The molecule has 0 spiro atoms. The standard InChI is InChI=1S/C14H12ClIO/c1-9-2-4-10(5-3-9)14(17)11-6-7-13(16)12(15)8-11/h2-8,14,17H,1H3. The lowest BCUT2D eigenvalue weighted by atomic mass is 10.0. The van der Waals surface area contributed by atoms with Gasteiger partial charge in [0.1, 0.15) is 6.10 Å². The highest BCUT2D eigenvalue weighted by Crippen LogP contribution is 2.27. The van der Waals surface area contributed by atoms with Gasteiger partial charge in [0.15, 0.2) is 0 Å². The van der Waals surface area contributed by atoms with Crippen LogP contribution >= 0.6 is 34.2 Å². The SMILES string of the molecule is Cc1ccc(C(O)c2ccc(I)c(Cl)c2)cc1. The average Bonchev–Trinajstić information content (AvgIpc) is 2.33. The Hall–Kier alpha value is -0.580. The van der Waals surface area contributed by atoms with Crippen LogP contribution in [-0.2, 0) is 0 Å². The monoisotopic (exact) mass is 358 g/mol. The number of benzene rings is 2. The quantitative estimate of drug-likeness (QED) is 0.792. The molecule has 2 aromatic carbocycles. The molecule has 3 heteroatoms. The van der Waals surface area contributed by atoms with Gasteiger partial charge in [0.25, 0.3) is 0 Å². The van der Waals surface area contributed by atoms with Crippen molar-refractivity contribution in [1.82, 2.24) is 0 Å². The predicted octanol–water partition coefficient (Wildman–Crippen LogP) is 4.33. The minimum absolute atomic E-state index is 0.620. The summed E-state index contributed by atoms with van der Waals surface area (Å²) in [6.45, 7) is 2.03. The summed E-state index contributed by atoms with van der Waals surface area (Å²) in [5.41, 5.74) is 2.88. The Morgan fingerprint density at radius 1 is 1.06 bits per heavy atom. The van der Waals surface area contributed by atoms with Crippen molar-refractivity contribution in [2.75, 3.05) is 0 Å². The Morgan fingerprint density at radius 3 is 2.24 bits per heavy atom. The fourth-order valence-electron chi connectivity index (χ4n) is 1.62. The molecule has 0 saturated carbocycles. The summed E-state index contributed by atoms with van der Waals surface area (Å²) in [7, 11) is 0. The van der Waals surface area contributed by atoms with E-state index < -0.39 is 6.10 Å². The van der Waals surface area contributed by atoms with Gasteiger partial charge < -0.3 is 5.11 Å². The van der Waals surface area contributed by atoms with Crippen LogP contribution in [-0.4, -0.2) is 5.11 Å². The molecule has 2 rings (SSSR count). The number of hydrogen-bond donors (Lipinski definition) is 1. The minimum Gasteiger partial charge on any atom is -0.384 e. The smallest absolute Gasteiger partial charge is 0.104 e. The van der Waals surface area contributed by atoms with E-state index >= 15 is 0 Å². The molecule has 0 saturated heterocycles. The molecular weight excluding hydrogens is 347 g/mol. The predicted molar refractivity (Wildman–Crippen MR) is 79.4 cm³/mol. The van der Waals surface area contributed by atoms with Gasteiger partial charge in [-0.2, -0.15) is 0 Å². The first-order valence-electron chi connectivity index (χ1n) is 5.27. The molecule has 0 amide bonds. The zero-order valence-electron chi connectivity index (χ0n) is 9.32. The fourth-order valence-corrected chi connectivity index (χ4v) is 2.15. The van der Waals surface area contributed by atoms with Gasteiger partial charge in [-0.3, -0.25) is 0 Å². The second kappa shape index (κ2) is 5.38. The third kappa shape index (κ3) is 3.00. The summed E-state index contributed by atoms with van der Waals surface area (Å²) in [6, 6.07) is 13.5. The zero-order chi connectivity index (χ0) is 12.4.